The van der Waals surface area contributed by atoms with Gasteiger partial charge in [0.25, 0.3) is 5.22 Å². The van der Waals surface area contributed by atoms with Crippen LogP contribution >= 0.6 is 27.7 Å². The Kier molecular flexibility index (Phi) is 4.15. The number of nitrogens with zero attached hydrogens (tertiary/aromatic N) is 2. The second kappa shape index (κ2) is 5.66. The van der Waals surface area contributed by atoms with Crippen molar-refractivity contribution in [1.29, 1.82) is 0 Å². The molecule has 1 N–H and O–H groups in total. The summed E-state index contributed by atoms with van der Waals surface area (Å²) in [7, 11) is 0. The minimum atomic E-state index is -1.05. The van der Waals surface area contributed by atoms with Crippen molar-refractivity contribution in [3.8, 4) is 11.4 Å². The lowest BCUT2D eigenvalue weighted by Crippen LogP contribution is -1.97. The van der Waals surface area contributed by atoms with Crippen LogP contribution in [-0.2, 0) is 4.79 Å². The van der Waals surface area contributed by atoms with Gasteiger partial charge in [0.15, 0.2) is 11.6 Å². The van der Waals surface area contributed by atoms with Gasteiger partial charge in [-0.05, 0) is 28.1 Å². The molecule has 0 atom stereocenters. The number of rotatable bonds is 4. The first kappa shape index (κ1) is 13.9. The summed E-state index contributed by atoms with van der Waals surface area (Å²) < 4.78 is 31.0. The zero-order valence-electron chi connectivity index (χ0n) is 9.06. The second-order valence-corrected chi connectivity index (χ2v) is 5.01. The molecule has 2 aromatic rings. The average molecular weight is 351 g/mol. The molecular weight excluding hydrogens is 346 g/mol. The van der Waals surface area contributed by atoms with E-state index in [0.29, 0.717) is 0 Å². The molecule has 0 aliphatic heterocycles. The summed E-state index contributed by atoms with van der Waals surface area (Å²) in [5.41, 5.74) is 0.213. The molecule has 0 bridgehead atoms. The third-order valence-corrected chi connectivity index (χ3v) is 3.58. The molecular formula is C10H5BrF2N2O3S. The molecule has 0 unspecified atom stereocenters. The predicted molar refractivity (Wildman–Crippen MR) is 65.7 cm³/mol. The van der Waals surface area contributed by atoms with Gasteiger partial charge in [0.1, 0.15) is 5.75 Å². The first-order valence-electron chi connectivity index (χ1n) is 4.81. The summed E-state index contributed by atoms with van der Waals surface area (Å²) in [6.07, 6.45) is 0. The maximum atomic E-state index is 13.3. The molecule has 0 fully saturated rings. The number of benzene rings is 1. The van der Waals surface area contributed by atoms with Crippen LogP contribution in [0.25, 0.3) is 11.4 Å². The molecule has 0 aliphatic carbocycles. The molecule has 0 aliphatic rings. The molecule has 0 saturated heterocycles. The molecule has 100 valence electrons. The lowest BCUT2D eigenvalue weighted by Gasteiger charge is -2.00. The first-order chi connectivity index (χ1) is 8.99. The van der Waals surface area contributed by atoms with Gasteiger partial charge in [-0.15, -0.1) is 0 Å². The van der Waals surface area contributed by atoms with Crippen LogP contribution in [0.5, 0.6) is 0 Å². The van der Waals surface area contributed by atoms with Gasteiger partial charge < -0.3 is 9.63 Å². The molecule has 9 heteroatoms. The van der Waals surface area contributed by atoms with Gasteiger partial charge in [0, 0.05) is 5.56 Å². The molecule has 19 heavy (non-hydrogen) atoms. The molecule has 5 nitrogen and oxygen atoms in total. The number of thioether (sulfide) groups is 1. The van der Waals surface area contributed by atoms with Crippen molar-refractivity contribution in [1.82, 2.24) is 10.1 Å². The van der Waals surface area contributed by atoms with Crippen molar-refractivity contribution in [3.05, 3.63) is 28.2 Å². The highest BCUT2D eigenvalue weighted by atomic mass is 79.9. The summed E-state index contributed by atoms with van der Waals surface area (Å²) in [5.74, 6) is -3.28. The lowest BCUT2D eigenvalue weighted by atomic mass is 10.2. The van der Waals surface area contributed by atoms with Gasteiger partial charge in [0.2, 0.25) is 5.82 Å². The Hall–Kier alpha value is -1.48. The van der Waals surface area contributed by atoms with Gasteiger partial charge in [0.05, 0.1) is 4.47 Å². The number of hydrogen-bond acceptors (Lipinski definition) is 5. The lowest BCUT2D eigenvalue weighted by molar-refractivity contribution is -0.133. The normalized spacial score (nSPS) is 10.7. The van der Waals surface area contributed by atoms with Gasteiger partial charge >= 0.3 is 5.97 Å². The van der Waals surface area contributed by atoms with E-state index in [1.165, 1.54) is 6.07 Å². The van der Waals surface area contributed by atoms with E-state index >= 15 is 0 Å². The standard InChI is InChI=1S/C10H5BrF2N2O3S/c11-7-4(1-2-5(12)8(7)13)9-14-10(18-15-9)19-3-6(16)17/h1-2H,3H2,(H,16,17). The van der Waals surface area contributed by atoms with Crippen molar-refractivity contribution in [2.45, 2.75) is 5.22 Å². The Bertz CT molecular complexity index is 635. The van der Waals surface area contributed by atoms with E-state index in [-0.39, 0.29) is 26.8 Å². The first-order valence-corrected chi connectivity index (χ1v) is 6.59. The molecule has 1 heterocycles. The Morgan fingerprint density at radius 3 is 2.89 bits per heavy atom. The van der Waals surface area contributed by atoms with Gasteiger partial charge in [-0.25, -0.2) is 8.78 Å². The van der Waals surface area contributed by atoms with E-state index in [0.717, 1.165) is 17.8 Å². The fourth-order valence-corrected chi connectivity index (χ4v) is 2.19. The van der Waals surface area contributed by atoms with Crippen LogP contribution in [0.1, 0.15) is 0 Å². The van der Waals surface area contributed by atoms with Crippen LogP contribution < -0.4 is 0 Å². The van der Waals surface area contributed by atoms with Crippen LogP contribution in [0.2, 0.25) is 0 Å². The minimum absolute atomic E-state index is 0.0361. The van der Waals surface area contributed by atoms with Gasteiger partial charge in [-0.1, -0.05) is 16.9 Å². The maximum absolute atomic E-state index is 13.3. The zero-order chi connectivity index (χ0) is 14.0. The molecule has 1 aromatic carbocycles. The molecule has 0 amide bonds. The summed E-state index contributed by atoms with van der Waals surface area (Å²) >= 11 is 3.74. The highest BCUT2D eigenvalue weighted by Gasteiger charge is 2.17. The van der Waals surface area contributed by atoms with Crippen molar-refractivity contribution >= 4 is 33.7 Å². The summed E-state index contributed by atoms with van der Waals surface area (Å²) in [6.45, 7) is 0. The average Bonchev–Trinajstić information content (AvgIpc) is 2.82. The SMILES string of the molecule is O=C(O)CSc1nc(-c2ccc(F)c(F)c2Br)no1. The third kappa shape index (κ3) is 3.10. The molecule has 0 radical (unpaired) electrons. The number of aromatic nitrogens is 2. The molecule has 0 spiro atoms. The largest absolute Gasteiger partial charge is 0.481 e. The molecule has 2 rings (SSSR count). The Morgan fingerprint density at radius 2 is 2.21 bits per heavy atom. The topological polar surface area (TPSA) is 76.2 Å². The van der Waals surface area contributed by atoms with Crippen molar-refractivity contribution in [3.63, 3.8) is 0 Å². The maximum Gasteiger partial charge on any atom is 0.314 e. The van der Waals surface area contributed by atoms with Crippen molar-refractivity contribution < 1.29 is 23.2 Å². The van der Waals surface area contributed by atoms with Crippen molar-refractivity contribution in [2.24, 2.45) is 0 Å². The van der Waals surface area contributed by atoms with Crippen LogP contribution in [0, 0.1) is 11.6 Å². The minimum Gasteiger partial charge on any atom is -0.481 e. The van der Waals surface area contributed by atoms with Gasteiger partial charge in [-0.2, -0.15) is 4.98 Å². The Labute approximate surface area is 118 Å². The number of aliphatic carboxylic acids is 1. The summed E-state index contributed by atoms with van der Waals surface area (Å²) in [6, 6.07) is 2.23. The second-order valence-electron chi connectivity index (χ2n) is 3.29. The smallest absolute Gasteiger partial charge is 0.314 e. The fraction of sp³-hybridized carbons (Fsp3) is 0.100. The fourth-order valence-electron chi connectivity index (χ4n) is 1.20. The quantitative estimate of drug-likeness (QED) is 0.674. The monoisotopic (exact) mass is 350 g/mol. The van der Waals surface area contributed by atoms with E-state index in [4.69, 9.17) is 9.63 Å². The van der Waals surface area contributed by atoms with Crippen molar-refractivity contribution in [2.75, 3.05) is 5.75 Å². The van der Waals surface area contributed by atoms with Crippen LogP contribution in [-0.4, -0.2) is 27.0 Å². The molecule has 1 aromatic heterocycles. The Balaban J connectivity index is 2.28. The number of carboxylic acids is 1. The Morgan fingerprint density at radius 1 is 1.47 bits per heavy atom. The van der Waals surface area contributed by atoms with Crippen LogP contribution in [0.4, 0.5) is 8.78 Å². The number of carboxylic acid groups (broad SMARTS) is 1. The summed E-state index contributed by atoms with van der Waals surface area (Å²) in [4.78, 5) is 14.3. The zero-order valence-corrected chi connectivity index (χ0v) is 11.5. The highest BCUT2D eigenvalue weighted by Crippen LogP contribution is 2.31. The van der Waals surface area contributed by atoms with E-state index in [1.807, 2.05) is 0 Å². The van der Waals surface area contributed by atoms with E-state index in [2.05, 4.69) is 26.1 Å². The van der Waals surface area contributed by atoms with E-state index in [9.17, 15) is 13.6 Å². The van der Waals surface area contributed by atoms with E-state index in [1.54, 1.807) is 0 Å². The summed E-state index contributed by atoms with van der Waals surface area (Å²) in [5, 5.41) is 12.1. The van der Waals surface area contributed by atoms with Crippen LogP contribution in [0.3, 0.4) is 0 Å². The number of hydrogen-bond donors (Lipinski definition) is 1. The number of halogens is 3. The predicted octanol–water partition coefficient (Wildman–Crippen LogP) is 2.95. The highest BCUT2D eigenvalue weighted by molar-refractivity contribution is 9.10. The van der Waals surface area contributed by atoms with Gasteiger partial charge in [-0.3, -0.25) is 4.79 Å². The van der Waals surface area contributed by atoms with Crippen LogP contribution in [0.15, 0.2) is 26.4 Å². The molecule has 0 saturated carbocycles. The van der Waals surface area contributed by atoms with E-state index < -0.39 is 17.6 Å². The third-order valence-electron chi connectivity index (χ3n) is 2.00. The number of carbonyl (C=O) groups is 1.